The van der Waals surface area contributed by atoms with E-state index in [9.17, 15) is 5.11 Å². The molecule has 0 radical (unpaired) electrons. The van der Waals surface area contributed by atoms with Gasteiger partial charge in [-0.15, -0.1) is 0 Å². The summed E-state index contributed by atoms with van der Waals surface area (Å²) in [5, 5.41) is 13.1. The smallest absolute Gasteiger partial charge is 0.0499 e. The molecule has 3 nitrogen and oxygen atoms in total. The van der Waals surface area contributed by atoms with Crippen molar-refractivity contribution in [2.45, 2.75) is 58.3 Å². The molecule has 2 N–H and O–H groups in total. The van der Waals surface area contributed by atoms with Crippen molar-refractivity contribution < 1.29 is 9.84 Å². The normalized spacial score (nSPS) is 19.0. The number of hydrogen-bond donors (Lipinski definition) is 2. The second-order valence-electron chi connectivity index (χ2n) is 5.72. The summed E-state index contributed by atoms with van der Waals surface area (Å²) in [5.41, 5.74) is 0.168. The van der Waals surface area contributed by atoms with E-state index in [2.05, 4.69) is 12.2 Å². The molecule has 1 aliphatic rings. The van der Waals surface area contributed by atoms with Gasteiger partial charge < -0.3 is 15.2 Å². The quantitative estimate of drug-likeness (QED) is 0.591. The van der Waals surface area contributed by atoms with Crippen molar-refractivity contribution in [2.24, 2.45) is 5.41 Å². The number of nitrogens with one attached hydrogen (secondary N) is 1. The average molecular weight is 257 g/mol. The molecule has 0 aromatic heterocycles. The summed E-state index contributed by atoms with van der Waals surface area (Å²) in [5.74, 6) is 0. The van der Waals surface area contributed by atoms with Gasteiger partial charge in [-0.05, 0) is 32.2 Å². The van der Waals surface area contributed by atoms with Crippen molar-refractivity contribution in [1.29, 1.82) is 0 Å². The highest BCUT2D eigenvalue weighted by molar-refractivity contribution is 4.84. The van der Waals surface area contributed by atoms with E-state index < -0.39 is 0 Å². The van der Waals surface area contributed by atoms with E-state index in [0.717, 1.165) is 32.7 Å². The van der Waals surface area contributed by atoms with Gasteiger partial charge in [-0.3, -0.25) is 0 Å². The summed E-state index contributed by atoms with van der Waals surface area (Å²) in [4.78, 5) is 0. The molecule has 1 fully saturated rings. The molecule has 0 amide bonds. The summed E-state index contributed by atoms with van der Waals surface area (Å²) in [6.45, 7) is 6.26. The van der Waals surface area contributed by atoms with Crippen LogP contribution in [0.2, 0.25) is 0 Å². The van der Waals surface area contributed by atoms with Gasteiger partial charge in [0.25, 0.3) is 0 Å². The van der Waals surface area contributed by atoms with E-state index in [1.165, 1.54) is 44.9 Å². The first kappa shape index (κ1) is 15.9. The van der Waals surface area contributed by atoms with Gasteiger partial charge in [-0.1, -0.05) is 32.6 Å². The number of ether oxygens (including phenoxy) is 1. The Morgan fingerprint density at radius 3 is 2.50 bits per heavy atom. The summed E-state index contributed by atoms with van der Waals surface area (Å²) in [7, 11) is 0. The van der Waals surface area contributed by atoms with Crippen molar-refractivity contribution in [2.75, 3.05) is 32.9 Å². The van der Waals surface area contributed by atoms with Crippen LogP contribution in [0.25, 0.3) is 0 Å². The SMILES string of the molecule is CCCCOCCCNCC1(CO)CCCCC1. The average Bonchev–Trinajstić information content (AvgIpc) is 2.43. The lowest BCUT2D eigenvalue weighted by atomic mass is 9.74. The van der Waals surface area contributed by atoms with Crippen LogP contribution in [-0.4, -0.2) is 38.0 Å². The maximum Gasteiger partial charge on any atom is 0.0499 e. The highest BCUT2D eigenvalue weighted by Crippen LogP contribution is 2.35. The first-order valence-corrected chi connectivity index (χ1v) is 7.72. The van der Waals surface area contributed by atoms with Crippen LogP contribution < -0.4 is 5.32 Å². The molecular weight excluding hydrogens is 226 g/mol. The van der Waals surface area contributed by atoms with E-state index >= 15 is 0 Å². The minimum Gasteiger partial charge on any atom is -0.396 e. The lowest BCUT2D eigenvalue weighted by molar-refractivity contribution is 0.0797. The van der Waals surface area contributed by atoms with Crippen molar-refractivity contribution >= 4 is 0 Å². The van der Waals surface area contributed by atoms with Gasteiger partial charge in [0, 0.05) is 31.8 Å². The summed E-state index contributed by atoms with van der Waals surface area (Å²) < 4.78 is 5.53. The van der Waals surface area contributed by atoms with Gasteiger partial charge in [0.1, 0.15) is 0 Å². The Bertz CT molecular complexity index is 191. The van der Waals surface area contributed by atoms with E-state index in [0.29, 0.717) is 6.61 Å². The zero-order chi connectivity index (χ0) is 13.1. The van der Waals surface area contributed by atoms with Crippen LogP contribution in [-0.2, 0) is 4.74 Å². The van der Waals surface area contributed by atoms with Crippen molar-refractivity contribution in [3.05, 3.63) is 0 Å². The van der Waals surface area contributed by atoms with Crippen LogP contribution in [0.3, 0.4) is 0 Å². The van der Waals surface area contributed by atoms with E-state index in [-0.39, 0.29) is 5.41 Å². The second-order valence-corrected chi connectivity index (χ2v) is 5.72. The third kappa shape index (κ3) is 6.17. The number of hydrogen-bond acceptors (Lipinski definition) is 3. The molecule has 0 atom stereocenters. The highest BCUT2D eigenvalue weighted by Gasteiger charge is 2.30. The Labute approximate surface area is 112 Å². The lowest BCUT2D eigenvalue weighted by Gasteiger charge is -2.35. The van der Waals surface area contributed by atoms with Crippen LogP contribution >= 0.6 is 0 Å². The molecule has 0 spiro atoms. The Morgan fingerprint density at radius 1 is 1.11 bits per heavy atom. The third-order valence-electron chi connectivity index (χ3n) is 4.03. The number of aliphatic hydroxyl groups excluding tert-OH is 1. The zero-order valence-electron chi connectivity index (χ0n) is 12.0. The summed E-state index contributed by atoms with van der Waals surface area (Å²) in [6.07, 6.45) is 9.72. The second kappa shape index (κ2) is 9.76. The lowest BCUT2D eigenvalue weighted by Crippen LogP contribution is -2.39. The fraction of sp³-hybridized carbons (Fsp3) is 1.00. The van der Waals surface area contributed by atoms with E-state index in [1.54, 1.807) is 0 Å². The molecular formula is C15H31NO2. The summed E-state index contributed by atoms with van der Waals surface area (Å²) in [6, 6.07) is 0. The molecule has 108 valence electrons. The first-order valence-electron chi connectivity index (χ1n) is 7.72. The van der Waals surface area contributed by atoms with Crippen LogP contribution in [0.5, 0.6) is 0 Å². The molecule has 0 saturated heterocycles. The van der Waals surface area contributed by atoms with E-state index in [4.69, 9.17) is 4.74 Å². The minimum absolute atomic E-state index is 0.168. The van der Waals surface area contributed by atoms with Crippen molar-refractivity contribution in [3.63, 3.8) is 0 Å². The number of rotatable bonds is 10. The molecule has 0 aromatic carbocycles. The van der Waals surface area contributed by atoms with Gasteiger partial charge in [-0.2, -0.15) is 0 Å². The van der Waals surface area contributed by atoms with Crippen LogP contribution in [0.1, 0.15) is 58.3 Å². The molecule has 0 bridgehead atoms. The monoisotopic (exact) mass is 257 g/mol. The van der Waals surface area contributed by atoms with Crippen LogP contribution in [0.4, 0.5) is 0 Å². The molecule has 1 aliphatic carbocycles. The van der Waals surface area contributed by atoms with Crippen LogP contribution in [0.15, 0.2) is 0 Å². The predicted octanol–water partition coefficient (Wildman–Crippen LogP) is 2.73. The topological polar surface area (TPSA) is 41.5 Å². The zero-order valence-corrected chi connectivity index (χ0v) is 12.0. The van der Waals surface area contributed by atoms with Crippen molar-refractivity contribution in [3.8, 4) is 0 Å². The summed E-state index contributed by atoms with van der Waals surface area (Å²) >= 11 is 0. The Morgan fingerprint density at radius 2 is 1.83 bits per heavy atom. The standard InChI is InChI=1S/C15H31NO2/c1-2-3-11-18-12-7-10-16-13-15(14-17)8-5-4-6-9-15/h16-17H,2-14H2,1H3. The fourth-order valence-electron chi connectivity index (χ4n) is 2.69. The number of aliphatic hydroxyl groups is 1. The fourth-order valence-corrected chi connectivity index (χ4v) is 2.69. The van der Waals surface area contributed by atoms with Gasteiger partial charge in [0.2, 0.25) is 0 Å². The predicted molar refractivity (Wildman–Crippen MR) is 75.8 cm³/mol. The largest absolute Gasteiger partial charge is 0.396 e. The van der Waals surface area contributed by atoms with Crippen molar-refractivity contribution in [1.82, 2.24) is 5.32 Å². The third-order valence-corrected chi connectivity index (χ3v) is 4.03. The molecule has 3 heteroatoms. The Kier molecular flexibility index (Phi) is 8.64. The molecule has 0 unspecified atom stereocenters. The molecule has 0 aromatic rings. The maximum atomic E-state index is 9.58. The number of unbranched alkanes of at least 4 members (excludes halogenated alkanes) is 1. The Hall–Kier alpha value is -0.120. The van der Waals surface area contributed by atoms with E-state index in [1.807, 2.05) is 0 Å². The van der Waals surface area contributed by atoms with Gasteiger partial charge in [-0.25, -0.2) is 0 Å². The molecule has 18 heavy (non-hydrogen) atoms. The van der Waals surface area contributed by atoms with Gasteiger partial charge in [0.15, 0.2) is 0 Å². The molecule has 0 heterocycles. The van der Waals surface area contributed by atoms with Crippen LogP contribution in [0, 0.1) is 5.41 Å². The van der Waals surface area contributed by atoms with Gasteiger partial charge in [0.05, 0.1) is 0 Å². The highest BCUT2D eigenvalue weighted by atomic mass is 16.5. The first-order chi connectivity index (χ1) is 8.83. The van der Waals surface area contributed by atoms with Gasteiger partial charge >= 0.3 is 0 Å². The Balaban J connectivity index is 1.98. The maximum absolute atomic E-state index is 9.58. The minimum atomic E-state index is 0.168. The molecule has 1 rings (SSSR count). The molecule has 1 saturated carbocycles. The molecule has 0 aliphatic heterocycles.